The normalized spacial score (nSPS) is 10.6. The average Bonchev–Trinajstić information content (AvgIpc) is 2.22. The number of aryl methyl sites for hydroxylation is 1. The van der Waals surface area contributed by atoms with Crippen LogP contribution in [0.4, 0.5) is 0 Å². The van der Waals surface area contributed by atoms with Crippen LogP contribution >= 0.6 is 0 Å². The number of carbonyl (C=O) groups excluding carboxylic acids is 1. The highest BCUT2D eigenvalue weighted by Gasteiger charge is 2.13. The van der Waals surface area contributed by atoms with Crippen molar-refractivity contribution < 1.29 is 9.36 Å². The minimum atomic E-state index is 0.0763. The molecule has 0 bridgehead atoms. The summed E-state index contributed by atoms with van der Waals surface area (Å²) in [6.07, 6.45) is 1.94. The predicted octanol–water partition coefficient (Wildman–Crippen LogP) is 1.36. The van der Waals surface area contributed by atoms with Crippen LogP contribution in [0.25, 0.3) is 0 Å². The zero-order valence-electron chi connectivity index (χ0n) is 10.6. The van der Waals surface area contributed by atoms with Crippen molar-refractivity contribution in [3.63, 3.8) is 0 Å². The molecule has 0 unspecified atom stereocenters. The number of hydrogen-bond acceptors (Lipinski definition) is 1. The van der Waals surface area contributed by atoms with Crippen molar-refractivity contribution in [1.29, 1.82) is 0 Å². The third-order valence-electron chi connectivity index (χ3n) is 2.64. The van der Waals surface area contributed by atoms with Gasteiger partial charge >= 0.3 is 0 Å². The maximum atomic E-state index is 11.6. The van der Waals surface area contributed by atoms with Gasteiger partial charge in [-0.25, -0.2) is 0 Å². The lowest BCUT2D eigenvalue weighted by Crippen LogP contribution is -2.45. The molecule has 88 valence electrons. The SMILES string of the molecule is Cc1ccc[n+](CC(=O)NCC(C)C)c1C. The van der Waals surface area contributed by atoms with E-state index in [1.807, 2.05) is 23.8 Å². The zero-order valence-corrected chi connectivity index (χ0v) is 10.6. The Morgan fingerprint density at radius 1 is 1.44 bits per heavy atom. The lowest BCUT2D eigenvalue weighted by atomic mass is 10.2. The standard InChI is InChI=1S/C13H20N2O/c1-10(2)8-14-13(16)9-15-7-5-6-11(3)12(15)4/h5-7,10H,8-9H2,1-4H3/p+1. The van der Waals surface area contributed by atoms with Gasteiger partial charge in [-0.3, -0.25) is 4.79 Å². The van der Waals surface area contributed by atoms with E-state index in [-0.39, 0.29) is 5.91 Å². The van der Waals surface area contributed by atoms with Gasteiger partial charge in [0.05, 0.1) is 0 Å². The topological polar surface area (TPSA) is 33.0 Å². The van der Waals surface area contributed by atoms with Gasteiger partial charge in [0.15, 0.2) is 11.9 Å². The van der Waals surface area contributed by atoms with Crippen molar-refractivity contribution in [2.75, 3.05) is 6.54 Å². The van der Waals surface area contributed by atoms with Crippen molar-refractivity contribution in [3.05, 3.63) is 29.6 Å². The Bertz CT molecular complexity index is 372. The van der Waals surface area contributed by atoms with Crippen LogP contribution in [0.5, 0.6) is 0 Å². The Hall–Kier alpha value is -1.38. The van der Waals surface area contributed by atoms with Crippen molar-refractivity contribution in [1.82, 2.24) is 5.32 Å². The van der Waals surface area contributed by atoms with Crippen LogP contribution in [0.1, 0.15) is 25.1 Å². The molecule has 1 N–H and O–H groups in total. The molecular weight excluding hydrogens is 200 g/mol. The van der Waals surface area contributed by atoms with Crippen LogP contribution < -0.4 is 9.88 Å². The van der Waals surface area contributed by atoms with Crippen LogP contribution in [0, 0.1) is 19.8 Å². The van der Waals surface area contributed by atoms with Gasteiger partial charge in [-0.2, -0.15) is 4.57 Å². The Morgan fingerprint density at radius 2 is 2.12 bits per heavy atom. The fraction of sp³-hybridized carbons (Fsp3) is 0.538. The van der Waals surface area contributed by atoms with Gasteiger partial charge in [-0.05, 0) is 18.9 Å². The highest BCUT2D eigenvalue weighted by atomic mass is 16.1. The van der Waals surface area contributed by atoms with Gasteiger partial charge in [0.1, 0.15) is 0 Å². The van der Waals surface area contributed by atoms with Crippen molar-refractivity contribution >= 4 is 5.91 Å². The van der Waals surface area contributed by atoms with Gasteiger partial charge in [-0.15, -0.1) is 0 Å². The summed E-state index contributed by atoms with van der Waals surface area (Å²) >= 11 is 0. The maximum absolute atomic E-state index is 11.6. The fourth-order valence-corrected chi connectivity index (χ4v) is 1.45. The molecule has 0 aliphatic heterocycles. The highest BCUT2D eigenvalue weighted by Crippen LogP contribution is 1.98. The van der Waals surface area contributed by atoms with Crippen molar-refractivity contribution in [2.45, 2.75) is 34.2 Å². The molecule has 16 heavy (non-hydrogen) atoms. The molecule has 1 amide bonds. The summed E-state index contributed by atoms with van der Waals surface area (Å²) in [5, 5.41) is 2.92. The second-order valence-electron chi connectivity index (χ2n) is 4.60. The predicted molar refractivity (Wildman–Crippen MR) is 64.0 cm³/mol. The third kappa shape index (κ3) is 3.65. The maximum Gasteiger partial charge on any atom is 0.286 e. The van der Waals surface area contributed by atoms with Gasteiger partial charge in [0.2, 0.25) is 6.54 Å². The number of amides is 1. The lowest BCUT2D eigenvalue weighted by Gasteiger charge is -2.06. The molecule has 0 aliphatic rings. The third-order valence-corrected chi connectivity index (χ3v) is 2.64. The minimum Gasteiger partial charge on any atom is -0.350 e. The molecule has 3 nitrogen and oxygen atoms in total. The zero-order chi connectivity index (χ0) is 12.1. The molecule has 0 atom stereocenters. The molecule has 1 heterocycles. The summed E-state index contributed by atoms with van der Waals surface area (Å²) in [7, 11) is 0. The summed E-state index contributed by atoms with van der Waals surface area (Å²) in [6.45, 7) is 9.41. The first-order valence-electron chi connectivity index (χ1n) is 5.73. The second-order valence-corrected chi connectivity index (χ2v) is 4.60. The van der Waals surface area contributed by atoms with Gasteiger partial charge in [0, 0.05) is 25.1 Å². The number of nitrogens with zero attached hydrogens (tertiary/aromatic N) is 1. The van der Waals surface area contributed by atoms with Crippen LogP contribution in [0.15, 0.2) is 18.3 Å². The molecular formula is C13H21N2O+. The van der Waals surface area contributed by atoms with Crippen LogP contribution in [-0.2, 0) is 11.3 Å². The van der Waals surface area contributed by atoms with Crippen LogP contribution in [0.2, 0.25) is 0 Å². The Morgan fingerprint density at radius 3 is 2.75 bits per heavy atom. The molecule has 0 radical (unpaired) electrons. The van der Waals surface area contributed by atoms with E-state index in [1.54, 1.807) is 0 Å². The molecule has 1 aromatic rings. The number of aromatic nitrogens is 1. The van der Waals surface area contributed by atoms with Crippen LogP contribution in [-0.4, -0.2) is 12.5 Å². The summed E-state index contributed by atoms with van der Waals surface area (Å²) in [5.74, 6) is 0.569. The smallest absolute Gasteiger partial charge is 0.286 e. The van der Waals surface area contributed by atoms with E-state index in [9.17, 15) is 4.79 Å². The van der Waals surface area contributed by atoms with E-state index in [0.29, 0.717) is 12.5 Å². The van der Waals surface area contributed by atoms with E-state index in [2.05, 4.69) is 32.2 Å². The van der Waals surface area contributed by atoms with Gasteiger partial charge in [0.25, 0.3) is 5.91 Å². The second kappa shape index (κ2) is 5.64. The number of rotatable bonds is 4. The van der Waals surface area contributed by atoms with Crippen LogP contribution in [0.3, 0.4) is 0 Å². The first-order chi connectivity index (χ1) is 7.50. The van der Waals surface area contributed by atoms with E-state index in [4.69, 9.17) is 0 Å². The molecule has 1 aromatic heterocycles. The lowest BCUT2D eigenvalue weighted by molar-refractivity contribution is -0.690. The fourth-order valence-electron chi connectivity index (χ4n) is 1.45. The summed E-state index contributed by atoms with van der Waals surface area (Å²) in [4.78, 5) is 11.6. The number of carbonyl (C=O) groups is 1. The summed E-state index contributed by atoms with van der Waals surface area (Å²) in [6, 6.07) is 4.02. The Balaban J connectivity index is 2.59. The molecule has 0 aromatic carbocycles. The average molecular weight is 221 g/mol. The quantitative estimate of drug-likeness (QED) is 0.765. The van der Waals surface area contributed by atoms with Gasteiger partial charge < -0.3 is 5.32 Å². The Kier molecular flexibility index (Phi) is 4.47. The highest BCUT2D eigenvalue weighted by molar-refractivity contribution is 5.74. The first-order valence-corrected chi connectivity index (χ1v) is 5.73. The van der Waals surface area contributed by atoms with E-state index >= 15 is 0 Å². The van der Waals surface area contributed by atoms with E-state index in [1.165, 1.54) is 5.56 Å². The first kappa shape index (κ1) is 12.7. The molecule has 0 saturated carbocycles. The number of pyridine rings is 1. The number of hydrogen-bond donors (Lipinski definition) is 1. The molecule has 0 fully saturated rings. The summed E-state index contributed by atoms with van der Waals surface area (Å²) < 4.78 is 1.98. The Labute approximate surface area is 97.5 Å². The molecule has 0 spiro atoms. The van der Waals surface area contributed by atoms with Crippen molar-refractivity contribution in [2.24, 2.45) is 5.92 Å². The van der Waals surface area contributed by atoms with E-state index < -0.39 is 0 Å². The molecule has 1 rings (SSSR count). The molecule has 0 saturated heterocycles. The van der Waals surface area contributed by atoms with Gasteiger partial charge in [-0.1, -0.05) is 13.8 Å². The van der Waals surface area contributed by atoms with E-state index in [0.717, 1.165) is 12.2 Å². The number of nitrogens with one attached hydrogen (secondary N) is 1. The molecule has 0 aliphatic carbocycles. The molecule has 3 heteroatoms. The largest absolute Gasteiger partial charge is 0.350 e. The monoisotopic (exact) mass is 221 g/mol. The van der Waals surface area contributed by atoms with Crippen molar-refractivity contribution in [3.8, 4) is 0 Å². The minimum absolute atomic E-state index is 0.0763. The summed E-state index contributed by atoms with van der Waals surface area (Å²) in [5.41, 5.74) is 2.35.